The van der Waals surface area contributed by atoms with Crippen molar-refractivity contribution in [3.63, 3.8) is 0 Å². The Morgan fingerprint density at radius 3 is 2.82 bits per heavy atom. The van der Waals surface area contributed by atoms with Gasteiger partial charge in [0.2, 0.25) is 0 Å². The summed E-state index contributed by atoms with van der Waals surface area (Å²) >= 11 is 0. The van der Waals surface area contributed by atoms with Crippen LogP contribution < -0.4 is 5.32 Å². The Balaban J connectivity index is 2.39. The highest BCUT2D eigenvalue weighted by Gasteiger charge is 2.08. The molecule has 1 atom stereocenters. The molecular formula is C12H23N3O2. The van der Waals surface area contributed by atoms with E-state index in [1.165, 1.54) is 5.56 Å². The lowest BCUT2D eigenvalue weighted by Gasteiger charge is -2.14. The van der Waals surface area contributed by atoms with Gasteiger partial charge in [0.1, 0.15) is 0 Å². The molecule has 17 heavy (non-hydrogen) atoms. The van der Waals surface area contributed by atoms with Gasteiger partial charge in [-0.05, 0) is 6.42 Å². The Kier molecular flexibility index (Phi) is 6.18. The summed E-state index contributed by atoms with van der Waals surface area (Å²) in [6.45, 7) is 4.33. The Hall–Kier alpha value is -0.910. The molecule has 0 fully saturated rings. The fraction of sp³-hybridized carbons (Fsp3) is 0.750. The van der Waals surface area contributed by atoms with Gasteiger partial charge < -0.3 is 14.8 Å². The van der Waals surface area contributed by atoms with Gasteiger partial charge in [-0.1, -0.05) is 6.92 Å². The molecule has 0 aliphatic heterocycles. The van der Waals surface area contributed by atoms with Gasteiger partial charge in [0, 0.05) is 46.1 Å². The molecule has 0 radical (unpaired) electrons. The first kappa shape index (κ1) is 14.2. The van der Waals surface area contributed by atoms with E-state index >= 15 is 0 Å². The van der Waals surface area contributed by atoms with Gasteiger partial charge in [-0.25, -0.2) is 0 Å². The molecule has 0 aliphatic rings. The maximum absolute atomic E-state index is 5.28. The zero-order chi connectivity index (χ0) is 12.7. The van der Waals surface area contributed by atoms with Crippen molar-refractivity contribution >= 4 is 0 Å². The third kappa shape index (κ3) is 4.46. The second kappa shape index (κ2) is 7.42. The van der Waals surface area contributed by atoms with E-state index in [1.807, 2.05) is 11.7 Å². The highest BCUT2D eigenvalue weighted by molar-refractivity contribution is 5.16. The minimum Gasteiger partial charge on any atom is -0.382 e. The van der Waals surface area contributed by atoms with Gasteiger partial charge in [-0.2, -0.15) is 5.10 Å². The zero-order valence-electron chi connectivity index (χ0n) is 11.2. The van der Waals surface area contributed by atoms with Crippen molar-refractivity contribution in [1.82, 2.24) is 15.1 Å². The molecule has 1 N–H and O–H groups in total. The average molecular weight is 241 g/mol. The molecule has 0 saturated heterocycles. The summed E-state index contributed by atoms with van der Waals surface area (Å²) in [4.78, 5) is 0. The van der Waals surface area contributed by atoms with Crippen molar-refractivity contribution in [3.05, 3.63) is 17.5 Å². The topological polar surface area (TPSA) is 48.3 Å². The Morgan fingerprint density at radius 1 is 1.47 bits per heavy atom. The molecule has 98 valence electrons. The minimum atomic E-state index is 0.0988. The number of hydrogen-bond donors (Lipinski definition) is 1. The molecule has 1 aromatic rings. The van der Waals surface area contributed by atoms with Crippen molar-refractivity contribution in [1.29, 1.82) is 0 Å². The van der Waals surface area contributed by atoms with Crippen LogP contribution in [0.15, 0.2) is 6.20 Å². The zero-order valence-corrected chi connectivity index (χ0v) is 11.2. The molecule has 5 nitrogen and oxygen atoms in total. The van der Waals surface area contributed by atoms with E-state index in [1.54, 1.807) is 14.2 Å². The van der Waals surface area contributed by atoms with E-state index < -0.39 is 0 Å². The number of rotatable bonds is 8. The number of hydrogen-bond acceptors (Lipinski definition) is 4. The van der Waals surface area contributed by atoms with Crippen LogP contribution >= 0.6 is 0 Å². The van der Waals surface area contributed by atoms with Gasteiger partial charge in [0.15, 0.2) is 0 Å². The first-order valence-electron chi connectivity index (χ1n) is 5.95. The van der Waals surface area contributed by atoms with Crippen LogP contribution in [-0.2, 0) is 29.5 Å². The van der Waals surface area contributed by atoms with Crippen molar-refractivity contribution < 1.29 is 9.47 Å². The number of nitrogens with one attached hydrogen (secondary N) is 1. The van der Waals surface area contributed by atoms with Crippen LogP contribution in [0.3, 0.4) is 0 Å². The van der Waals surface area contributed by atoms with Gasteiger partial charge in [0.05, 0.1) is 18.4 Å². The summed E-state index contributed by atoms with van der Waals surface area (Å²) in [6.07, 6.45) is 3.12. The largest absolute Gasteiger partial charge is 0.382 e. The Labute approximate surface area is 103 Å². The van der Waals surface area contributed by atoms with E-state index in [9.17, 15) is 0 Å². The lowest BCUT2D eigenvalue weighted by Crippen LogP contribution is -2.31. The van der Waals surface area contributed by atoms with Crippen molar-refractivity contribution in [3.8, 4) is 0 Å². The number of aryl methyl sites for hydroxylation is 2. The average Bonchev–Trinajstić information content (AvgIpc) is 2.68. The molecule has 0 aliphatic carbocycles. The van der Waals surface area contributed by atoms with Crippen LogP contribution in [0.2, 0.25) is 0 Å². The van der Waals surface area contributed by atoms with E-state index in [4.69, 9.17) is 9.47 Å². The van der Waals surface area contributed by atoms with Crippen LogP contribution in [0.1, 0.15) is 18.2 Å². The maximum atomic E-state index is 5.28. The first-order valence-corrected chi connectivity index (χ1v) is 5.95. The molecule has 1 heterocycles. The molecule has 0 bridgehead atoms. The Morgan fingerprint density at radius 2 is 2.24 bits per heavy atom. The number of methoxy groups -OCH3 is 2. The van der Waals surface area contributed by atoms with Crippen LogP contribution in [0.5, 0.6) is 0 Å². The van der Waals surface area contributed by atoms with E-state index in [0.29, 0.717) is 6.61 Å². The summed E-state index contributed by atoms with van der Waals surface area (Å²) in [5.41, 5.74) is 2.41. The van der Waals surface area contributed by atoms with Crippen LogP contribution in [0.4, 0.5) is 0 Å². The Bertz CT molecular complexity index is 326. The fourth-order valence-corrected chi connectivity index (χ4v) is 1.79. The van der Waals surface area contributed by atoms with Crippen molar-refractivity contribution in [2.24, 2.45) is 7.05 Å². The second-order valence-electron chi connectivity index (χ2n) is 4.07. The number of ether oxygens (including phenoxy) is 2. The third-order valence-electron chi connectivity index (χ3n) is 2.70. The van der Waals surface area contributed by atoms with Crippen molar-refractivity contribution in [2.45, 2.75) is 26.0 Å². The number of aromatic nitrogens is 2. The predicted molar refractivity (Wildman–Crippen MR) is 67.0 cm³/mol. The fourth-order valence-electron chi connectivity index (χ4n) is 1.79. The van der Waals surface area contributed by atoms with E-state index in [0.717, 1.165) is 25.2 Å². The SMILES string of the molecule is CCc1nn(C)cc1CNCC(COC)OC. The van der Waals surface area contributed by atoms with Gasteiger partial charge in [0.25, 0.3) is 0 Å². The van der Waals surface area contributed by atoms with Gasteiger partial charge in [-0.3, -0.25) is 4.68 Å². The monoisotopic (exact) mass is 241 g/mol. The summed E-state index contributed by atoms with van der Waals surface area (Å²) < 4.78 is 12.2. The van der Waals surface area contributed by atoms with Crippen molar-refractivity contribution in [2.75, 3.05) is 27.4 Å². The molecule has 1 aromatic heterocycles. The standard InChI is InChI=1S/C12H23N3O2/c1-5-12-10(8-15(2)14-12)6-13-7-11(17-4)9-16-3/h8,11,13H,5-7,9H2,1-4H3. The molecule has 0 spiro atoms. The predicted octanol–water partition coefficient (Wildman–Crippen LogP) is 0.734. The van der Waals surface area contributed by atoms with Gasteiger partial charge >= 0.3 is 0 Å². The molecular weight excluding hydrogens is 218 g/mol. The molecule has 0 saturated carbocycles. The molecule has 1 unspecified atom stereocenters. The van der Waals surface area contributed by atoms with E-state index in [2.05, 4.69) is 23.5 Å². The highest BCUT2D eigenvalue weighted by Crippen LogP contribution is 2.06. The molecule has 1 rings (SSSR count). The summed E-state index contributed by atoms with van der Waals surface area (Å²) in [7, 11) is 5.33. The molecule has 0 amide bonds. The third-order valence-corrected chi connectivity index (χ3v) is 2.70. The lowest BCUT2D eigenvalue weighted by molar-refractivity contribution is 0.0288. The molecule has 0 aromatic carbocycles. The smallest absolute Gasteiger partial charge is 0.0928 e. The first-order chi connectivity index (χ1) is 8.21. The van der Waals surface area contributed by atoms with Crippen LogP contribution in [-0.4, -0.2) is 43.3 Å². The van der Waals surface area contributed by atoms with Crippen LogP contribution in [0, 0.1) is 0 Å². The lowest BCUT2D eigenvalue weighted by atomic mass is 10.2. The summed E-state index contributed by atoms with van der Waals surface area (Å²) in [5.74, 6) is 0. The second-order valence-corrected chi connectivity index (χ2v) is 4.07. The normalized spacial score (nSPS) is 12.9. The maximum Gasteiger partial charge on any atom is 0.0928 e. The van der Waals surface area contributed by atoms with E-state index in [-0.39, 0.29) is 6.10 Å². The highest BCUT2D eigenvalue weighted by atomic mass is 16.5. The number of nitrogens with zero attached hydrogens (tertiary/aromatic N) is 2. The minimum absolute atomic E-state index is 0.0988. The quantitative estimate of drug-likeness (QED) is 0.729. The summed E-state index contributed by atoms with van der Waals surface area (Å²) in [6, 6.07) is 0. The van der Waals surface area contributed by atoms with Gasteiger partial charge in [-0.15, -0.1) is 0 Å². The summed E-state index contributed by atoms with van der Waals surface area (Å²) in [5, 5.41) is 7.77. The molecule has 5 heteroatoms. The van der Waals surface area contributed by atoms with Crippen LogP contribution in [0.25, 0.3) is 0 Å².